The van der Waals surface area contributed by atoms with Crippen LogP contribution in [0.4, 0.5) is 4.39 Å². The number of carboxylic acids is 4. The Kier molecular flexibility index (Phi) is 16.0. The quantitative estimate of drug-likeness (QED) is 0.178. The SMILES string of the molecule is CC(=O)O.CC(=O)O.CC(=O)O.CC(=O)O.FC1=CC(c2ccccc2)=CCC1(c1cnc([C@@H]2CCCN2)[nH]1)c1cnc([C@@H]2CCCN2)[nH]1. The summed E-state index contributed by atoms with van der Waals surface area (Å²) in [5, 5.41) is 36.6. The smallest absolute Gasteiger partial charge is 0.300 e. The molecule has 0 saturated carbocycles. The first-order chi connectivity index (χ1) is 23.2. The average Bonchev–Trinajstić information content (AvgIpc) is 3.84. The van der Waals surface area contributed by atoms with Gasteiger partial charge in [0.2, 0.25) is 0 Å². The van der Waals surface area contributed by atoms with Crippen molar-refractivity contribution in [2.75, 3.05) is 13.1 Å². The van der Waals surface area contributed by atoms with Crippen molar-refractivity contribution >= 4 is 29.5 Å². The predicted molar refractivity (Wildman–Crippen MR) is 179 cm³/mol. The summed E-state index contributed by atoms with van der Waals surface area (Å²) in [6, 6.07) is 10.4. The van der Waals surface area contributed by atoms with E-state index in [1.165, 1.54) is 0 Å². The minimum atomic E-state index is -0.994. The molecule has 2 atom stereocenters. The van der Waals surface area contributed by atoms with Crippen molar-refractivity contribution in [2.45, 2.75) is 77.3 Å². The summed E-state index contributed by atoms with van der Waals surface area (Å²) in [5.41, 5.74) is 2.45. The maximum Gasteiger partial charge on any atom is 0.300 e. The van der Waals surface area contributed by atoms with Gasteiger partial charge < -0.3 is 41.0 Å². The number of carboxylic acid groups (broad SMARTS) is 4. The molecular weight excluding hydrogens is 639 g/mol. The first-order valence-electron chi connectivity index (χ1n) is 15.7. The van der Waals surface area contributed by atoms with Crippen LogP contribution in [0.3, 0.4) is 0 Å². The van der Waals surface area contributed by atoms with Crippen LogP contribution in [-0.4, -0.2) is 77.3 Å². The number of hydrogen-bond acceptors (Lipinski definition) is 8. The molecule has 6 rings (SSSR count). The van der Waals surface area contributed by atoms with Crippen LogP contribution in [0.1, 0.15) is 100 Å². The van der Waals surface area contributed by atoms with Crippen LogP contribution in [0, 0.1) is 0 Å². The summed E-state index contributed by atoms with van der Waals surface area (Å²) in [7, 11) is 0. The van der Waals surface area contributed by atoms with Gasteiger partial charge in [0, 0.05) is 40.1 Å². The molecule has 2 aliphatic heterocycles. The molecule has 3 aliphatic rings. The van der Waals surface area contributed by atoms with Crippen LogP contribution in [0.5, 0.6) is 0 Å². The number of nitrogens with one attached hydrogen (secondary N) is 4. The Hall–Kier alpha value is -5.15. The zero-order valence-corrected chi connectivity index (χ0v) is 28.0. The highest BCUT2D eigenvalue weighted by Gasteiger charge is 2.44. The van der Waals surface area contributed by atoms with E-state index in [0.29, 0.717) is 6.42 Å². The molecule has 2 fully saturated rings. The summed E-state index contributed by atoms with van der Waals surface area (Å²) in [6.45, 7) is 6.31. The summed E-state index contributed by atoms with van der Waals surface area (Å²) >= 11 is 0. The maximum absolute atomic E-state index is 16.3. The van der Waals surface area contributed by atoms with Gasteiger partial charge in [-0.1, -0.05) is 36.4 Å². The topological polar surface area (TPSA) is 231 Å². The van der Waals surface area contributed by atoms with E-state index in [0.717, 1.165) is 101 Å². The second-order valence-corrected chi connectivity index (χ2v) is 11.4. The number of aromatic amines is 2. The highest BCUT2D eigenvalue weighted by Crippen LogP contribution is 2.47. The first kappa shape index (κ1) is 40.0. The molecule has 49 heavy (non-hydrogen) atoms. The molecule has 0 spiro atoms. The Bertz CT molecular complexity index is 1470. The molecule has 2 aromatic heterocycles. The van der Waals surface area contributed by atoms with Crippen LogP contribution in [0.15, 0.2) is 60.7 Å². The molecule has 3 aromatic rings. The second-order valence-electron chi connectivity index (χ2n) is 11.4. The maximum atomic E-state index is 16.3. The number of imidazole rings is 2. The van der Waals surface area contributed by atoms with Gasteiger partial charge in [-0.3, -0.25) is 19.2 Å². The zero-order valence-electron chi connectivity index (χ0n) is 28.0. The number of carbonyl (C=O) groups is 4. The summed E-state index contributed by atoms with van der Waals surface area (Å²) < 4.78 is 16.3. The van der Waals surface area contributed by atoms with E-state index in [1.807, 2.05) is 30.3 Å². The van der Waals surface area contributed by atoms with Gasteiger partial charge in [-0.05, 0) is 62.4 Å². The molecule has 0 radical (unpaired) electrons. The average molecular weight is 685 g/mol. The Morgan fingerprint density at radius 3 is 1.49 bits per heavy atom. The minimum Gasteiger partial charge on any atom is -0.481 e. The molecule has 1 aliphatic carbocycles. The molecule has 8 N–H and O–H groups in total. The minimum absolute atomic E-state index is 0.196. The highest BCUT2D eigenvalue weighted by atomic mass is 19.1. The van der Waals surface area contributed by atoms with Gasteiger partial charge in [0.1, 0.15) is 22.9 Å². The predicted octanol–water partition coefficient (Wildman–Crippen LogP) is 4.97. The Balaban J connectivity index is 0.000000440. The van der Waals surface area contributed by atoms with E-state index >= 15 is 4.39 Å². The van der Waals surface area contributed by atoms with Crippen molar-refractivity contribution in [2.24, 2.45) is 0 Å². The molecule has 14 nitrogen and oxygen atoms in total. The van der Waals surface area contributed by atoms with Crippen molar-refractivity contribution in [3.63, 3.8) is 0 Å². The van der Waals surface area contributed by atoms with E-state index < -0.39 is 29.3 Å². The number of aliphatic carboxylic acids is 4. The second kappa shape index (κ2) is 19.6. The largest absolute Gasteiger partial charge is 0.481 e. The van der Waals surface area contributed by atoms with Crippen LogP contribution >= 0.6 is 0 Å². The summed E-state index contributed by atoms with van der Waals surface area (Å²) in [4.78, 5) is 52.3. The van der Waals surface area contributed by atoms with Crippen LogP contribution in [0.2, 0.25) is 0 Å². The van der Waals surface area contributed by atoms with E-state index in [9.17, 15) is 0 Å². The lowest BCUT2D eigenvalue weighted by Gasteiger charge is -2.32. The number of benzene rings is 1. The third-order valence-electron chi connectivity index (χ3n) is 7.32. The van der Waals surface area contributed by atoms with Crippen molar-refractivity contribution in [1.29, 1.82) is 0 Å². The van der Waals surface area contributed by atoms with E-state index in [-0.39, 0.29) is 17.9 Å². The Morgan fingerprint density at radius 2 is 1.14 bits per heavy atom. The van der Waals surface area contributed by atoms with Gasteiger partial charge in [0.15, 0.2) is 0 Å². The van der Waals surface area contributed by atoms with Gasteiger partial charge >= 0.3 is 0 Å². The number of nitrogens with zero attached hydrogens (tertiary/aromatic N) is 2. The van der Waals surface area contributed by atoms with Gasteiger partial charge in [0.05, 0.1) is 23.5 Å². The van der Waals surface area contributed by atoms with E-state index in [1.54, 1.807) is 18.5 Å². The molecule has 4 heterocycles. The van der Waals surface area contributed by atoms with Crippen molar-refractivity contribution < 1.29 is 44.0 Å². The molecule has 266 valence electrons. The van der Waals surface area contributed by atoms with Crippen molar-refractivity contribution in [1.82, 2.24) is 30.6 Å². The third kappa shape index (κ3) is 12.8. The normalized spacial score (nSPS) is 18.6. The zero-order chi connectivity index (χ0) is 36.6. The van der Waals surface area contributed by atoms with Crippen molar-refractivity contribution in [3.8, 4) is 0 Å². The fraction of sp³-hybridized carbons (Fsp3) is 0.412. The molecule has 0 unspecified atom stereocenters. The molecule has 2 saturated heterocycles. The Labute approximate surface area is 283 Å². The van der Waals surface area contributed by atoms with Crippen LogP contribution < -0.4 is 10.6 Å². The van der Waals surface area contributed by atoms with Crippen LogP contribution in [0.25, 0.3) is 5.57 Å². The first-order valence-corrected chi connectivity index (χ1v) is 15.7. The monoisotopic (exact) mass is 684 g/mol. The lowest BCUT2D eigenvalue weighted by atomic mass is 9.73. The van der Waals surface area contributed by atoms with E-state index in [2.05, 4.69) is 36.6 Å². The van der Waals surface area contributed by atoms with Crippen LogP contribution in [-0.2, 0) is 24.6 Å². The number of halogens is 1. The van der Waals surface area contributed by atoms with Crippen molar-refractivity contribution in [3.05, 3.63) is 89.3 Å². The summed E-state index contributed by atoms with van der Waals surface area (Å²) in [6.07, 6.45) is 12.2. The number of allylic oxidation sites excluding steroid dienone is 4. The fourth-order valence-electron chi connectivity index (χ4n) is 5.43. The van der Waals surface area contributed by atoms with Gasteiger partial charge in [-0.2, -0.15) is 0 Å². The molecule has 1 aromatic carbocycles. The lowest BCUT2D eigenvalue weighted by Crippen LogP contribution is -2.31. The number of rotatable bonds is 5. The molecule has 15 heteroatoms. The summed E-state index contributed by atoms with van der Waals surface area (Å²) in [5.74, 6) is -1.78. The number of H-pyrrole nitrogens is 2. The molecule has 0 amide bonds. The van der Waals surface area contributed by atoms with E-state index in [4.69, 9.17) is 39.6 Å². The Morgan fingerprint density at radius 1 is 0.735 bits per heavy atom. The number of hydrogen-bond donors (Lipinski definition) is 8. The standard InChI is InChI=1S/C26H29FN6.4C2H4O2/c27-21-14-18(17-6-2-1-3-7-17)10-11-26(21,22-15-30-24(32-22)19-8-4-12-28-19)23-16-31-25(33-23)20-9-5-13-29-20;4*1-2(3)4/h1-3,6-7,10,14-16,19-20,28-29H,4-5,8-9,11-13H2,(H,30,32)(H,31,33);4*1H3,(H,3,4)/t19-,20-;;;;/m0..../s1. The fourth-order valence-corrected chi connectivity index (χ4v) is 5.43. The third-order valence-corrected chi connectivity index (χ3v) is 7.32. The molecule has 0 bridgehead atoms. The van der Waals surface area contributed by atoms with Gasteiger partial charge in [0.25, 0.3) is 23.9 Å². The molecular formula is C34H45FN6O8. The van der Waals surface area contributed by atoms with Gasteiger partial charge in [-0.25, -0.2) is 14.4 Å². The van der Waals surface area contributed by atoms with Gasteiger partial charge in [-0.15, -0.1) is 0 Å². The highest BCUT2D eigenvalue weighted by molar-refractivity contribution is 5.77. The number of aromatic nitrogens is 4. The lowest BCUT2D eigenvalue weighted by molar-refractivity contribution is -0.135.